The van der Waals surface area contributed by atoms with E-state index in [1.54, 1.807) is 7.11 Å². The summed E-state index contributed by atoms with van der Waals surface area (Å²) >= 11 is 8.24. The van der Waals surface area contributed by atoms with E-state index in [9.17, 15) is 0 Å². The van der Waals surface area contributed by atoms with Crippen LogP contribution in [0.4, 0.5) is 0 Å². The lowest BCUT2D eigenvalue weighted by Gasteiger charge is -2.29. The van der Waals surface area contributed by atoms with Gasteiger partial charge in [0.1, 0.15) is 5.75 Å². The summed E-state index contributed by atoms with van der Waals surface area (Å²) in [6.07, 6.45) is 2.52. The number of ether oxygens (including phenoxy) is 1. The van der Waals surface area contributed by atoms with E-state index in [1.165, 1.54) is 29.9 Å². The topological polar surface area (TPSA) is 35.2 Å². The van der Waals surface area contributed by atoms with Gasteiger partial charge in [0.25, 0.3) is 0 Å². The number of halogens is 1. The van der Waals surface area contributed by atoms with Gasteiger partial charge in [-0.3, -0.25) is 0 Å². The molecule has 1 heterocycles. The molecule has 1 atom stereocenters. The van der Waals surface area contributed by atoms with Crippen LogP contribution in [-0.4, -0.2) is 25.2 Å². The van der Waals surface area contributed by atoms with Crippen LogP contribution in [0.3, 0.4) is 0 Å². The SMILES string of the molecule is COc1ccc(C(CN)C2CCSCC2)cc1Cl. The monoisotopic (exact) mass is 285 g/mol. The number of hydrogen-bond donors (Lipinski definition) is 1. The van der Waals surface area contributed by atoms with Crippen molar-refractivity contribution < 1.29 is 4.74 Å². The van der Waals surface area contributed by atoms with Gasteiger partial charge in [-0.2, -0.15) is 11.8 Å². The van der Waals surface area contributed by atoms with Gasteiger partial charge in [0, 0.05) is 0 Å². The molecule has 1 aromatic carbocycles. The third-order valence-corrected chi connectivity index (χ3v) is 5.04. The van der Waals surface area contributed by atoms with Gasteiger partial charge in [-0.05, 0) is 60.4 Å². The molecule has 1 aliphatic rings. The second kappa shape index (κ2) is 6.69. The molecule has 100 valence electrons. The van der Waals surface area contributed by atoms with Crippen LogP contribution in [0, 0.1) is 5.92 Å². The molecule has 4 heteroatoms. The summed E-state index contributed by atoms with van der Waals surface area (Å²) in [5, 5.41) is 0.679. The number of thioether (sulfide) groups is 1. The minimum Gasteiger partial charge on any atom is -0.495 e. The maximum Gasteiger partial charge on any atom is 0.137 e. The lowest BCUT2D eigenvalue weighted by molar-refractivity contribution is 0.398. The molecule has 1 aliphatic heterocycles. The zero-order valence-corrected chi connectivity index (χ0v) is 12.3. The van der Waals surface area contributed by atoms with Gasteiger partial charge < -0.3 is 10.5 Å². The summed E-state index contributed by atoms with van der Waals surface area (Å²) in [5.74, 6) is 4.36. The fourth-order valence-corrected chi connectivity index (χ4v) is 4.04. The fraction of sp³-hybridized carbons (Fsp3) is 0.571. The van der Waals surface area contributed by atoms with Crippen molar-refractivity contribution in [3.05, 3.63) is 28.8 Å². The van der Waals surface area contributed by atoms with Crippen LogP contribution < -0.4 is 10.5 Å². The van der Waals surface area contributed by atoms with E-state index in [4.69, 9.17) is 22.1 Å². The molecule has 2 nitrogen and oxygen atoms in total. The molecule has 18 heavy (non-hydrogen) atoms. The average Bonchev–Trinajstić information content (AvgIpc) is 2.41. The molecule has 2 N–H and O–H groups in total. The number of benzene rings is 1. The molecule has 0 saturated carbocycles. The first-order valence-electron chi connectivity index (χ1n) is 6.37. The standard InChI is InChI=1S/C14H20ClNOS/c1-17-14-3-2-11(8-13(14)15)12(9-16)10-4-6-18-7-5-10/h2-3,8,10,12H,4-7,9,16H2,1H3. The Morgan fingerprint density at radius 1 is 1.44 bits per heavy atom. The second-order valence-corrected chi connectivity index (χ2v) is 6.32. The van der Waals surface area contributed by atoms with E-state index >= 15 is 0 Å². The van der Waals surface area contributed by atoms with Crippen LogP contribution in [0.15, 0.2) is 18.2 Å². The summed E-state index contributed by atoms with van der Waals surface area (Å²) < 4.78 is 5.19. The molecule has 0 aromatic heterocycles. The van der Waals surface area contributed by atoms with Crippen LogP contribution in [0.25, 0.3) is 0 Å². The highest BCUT2D eigenvalue weighted by Gasteiger charge is 2.24. The van der Waals surface area contributed by atoms with Gasteiger partial charge in [0.2, 0.25) is 0 Å². The van der Waals surface area contributed by atoms with Crippen molar-refractivity contribution in [2.45, 2.75) is 18.8 Å². The zero-order chi connectivity index (χ0) is 13.0. The Bertz CT molecular complexity index is 393. The highest BCUT2D eigenvalue weighted by Crippen LogP contribution is 2.36. The average molecular weight is 286 g/mol. The van der Waals surface area contributed by atoms with Crippen LogP contribution >= 0.6 is 23.4 Å². The third kappa shape index (κ3) is 3.14. The molecular weight excluding hydrogens is 266 g/mol. The maximum absolute atomic E-state index is 6.20. The van der Waals surface area contributed by atoms with E-state index in [1.807, 2.05) is 23.9 Å². The summed E-state index contributed by atoms with van der Waals surface area (Å²) in [6, 6.07) is 6.06. The smallest absolute Gasteiger partial charge is 0.137 e. The molecule has 0 aliphatic carbocycles. The van der Waals surface area contributed by atoms with Crippen molar-refractivity contribution in [1.82, 2.24) is 0 Å². The van der Waals surface area contributed by atoms with Gasteiger partial charge in [-0.1, -0.05) is 17.7 Å². The molecule has 0 radical (unpaired) electrons. The quantitative estimate of drug-likeness (QED) is 0.919. The molecule has 0 spiro atoms. The minimum atomic E-state index is 0.425. The lowest BCUT2D eigenvalue weighted by atomic mass is 9.82. The van der Waals surface area contributed by atoms with E-state index in [0.717, 1.165) is 5.75 Å². The van der Waals surface area contributed by atoms with E-state index in [2.05, 4.69) is 6.07 Å². The number of rotatable bonds is 4. The molecule has 0 bridgehead atoms. The van der Waals surface area contributed by atoms with Crippen LogP contribution in [0.5, 0.6) is 5.75 Å². The van der Waals surface area contributed by atoms with E-state index in [0.29, 0.717) is 23.4 Å². The van der Waals surface area contributed by atoms with E-state index in [-0.39, 0.29) is 0 Å². The second-order valence-electron chi connectivity index (χ2n) is 4.69. The minimum absolute atomic E-state index is 0.425. The number of nitrogens with two attached hydrogens (primary N) is 1. The van der Waals surface area contributed by atoms with Crippen LogP contribution in [0.1, 0.15) is 24.3 Å². The van der Waals surface area contributed by atoms with Crippen molar-refractivity contribution in [3.63, 3.8) is 0 Å². The molecule has 1 aromatic rings. The Balaban J connectivity index is 2.18. The first-order chi connectivity index (χ1) is 8.76. The van der Waals surface area contributed by atoms with Gasteiger partial charge in [-0.15, -0.1) is 0 Å². The Hall–Kier alpha value is -0.380. The van der Waals surface area contributed by atoms with Crippen molar-refractivity contribution in [2.24, 2.45) is 11.7 Å². The van der Waals surface area contributed by atoms with Crippen molar-refractivity contribution in [2.75, 3.05) is 25.2 Å². The highest BCUT2D eigenvalue weighted by molar-refractivity contribution is 7.99. The Morgan fingerprint density at radius 3 is 2.72 bits per heavy atom. The molecule has 1 saturated heterocycles. The third-order valence-electron chi connectivity index (χ3n) is 3.69. The van der Waals surface area contributed by atoms with Crippen molar-refractivity contribution in [3.8, 4) is 5.75 Å². The van der Waals surface area contributed by atoms with Crippen LogP contribution in [0.2, 0.25) is 5.02 Å². The molecule has 1 unspecified atom stereocenters. The largest absolute Gasteiger partial charge is 0.495 e. The first kappa shape index (κ1) is 14.0. The molecule has 0 amide bonds. The summed E-state index contributed by atoms with van der Waals surface area (Å²) in [6.45, 7) is 0.692. The van der Waals surface area contributed by atoms with Gasteiger partial charge in [-0.25, -0.2) is 0 Å². The Labute approximate surface area is 118 Å². The summed E-state index contributed by atoms with van der Waals surface area (Å²) in [5.41, 5.74) is 7.23. The molecule has 1 fully saturated rings. The molecular formula is C14H20ClNOS. The van der Waals surface area contributed by atoms with Gasteiger partial charge in [0.15, 0.2) is 0 Å². The van der Waals surface area contributed by atoms with Crippen molar-refractivity contribution >= 4 is 23.4 Å². The predicted molar refractivity (Wildman–Crippen MR) is 79.8 cm³/mol. The maximum atomic E-state index is 6.20. The normalized spacial score (nSPS) is 18.6. The van der Waals surface area contributed by atoms with Crippen molar-refractivity contribution in [1.29, 1.82) is 0 Å². The Morgan fingerprint density at radius 2 is 2.17 bits per heavy atom. The number of hydrogen-bond acceptors (Lipinski definition) is 3. The first-order valence-corrected chi connectivity index (χ1v) is 7.90. The summed E-state index contributed by atoms with van der Waals surface area (Å²) in [4.78, 5) is 0. The summed E-state index contributed by atoms with van der Waals surface area (Å²) in [7, 11) is 1.64. The van der Waals surface area contributed by atoms with E-state index < -0.39 is 0 Å². The van der Waals surface area contributed by atoms with Gasteiger partial charge in [0.05, 0.1) is 12.1 Å². The highest BCUT2D eigenvalue weighted by atomic mass is 35.5. The lowest BCUT2D eigenvalue weighted by Crippen LogP contribution is -2.24. The predicted octanol–water partition coefficient (Wildman–Crippen LogP) is 3.53. The number of methoxy groups -OCH3 is 1. The fourth-order valence-electron chi connectivity index (χ4n) is 2.63. The zero-order valence-electron chi connectivity index (χ0n) is 10.7. The van der Waals surface area contributed by atoms with Crippen LogP contribution in [-0.2, 0) is 0 Å². The Kier molecular flexibility index (Phi) is 5.22. The molecule has 2 rings (SSSR count). The van der Waals surface area contributed by atoms with Gasteiger partial charge >= 0.3 is 0 Å².